The molecule has 3 aromatic rings. The van der Waals surface area contributed by atoms with E-state index in [1.165, 1.54) is 5.56 Å². The van der Waals surface area contributed by atoms with Crippen LogP contribution in [0.4, 0.5) is 5.69 Å². The Morgan fingerprint density at radius 1 is 0.800 bits per heavy atom. The lowest BCUT2D eigenvalue weighted by atomic mass is 9.55. The minimum atomic E-state index is -0.0886. The second-order valence-electron chi connectivity index (χ2n) is 5.87. The second kappa shape index (κ2) is 9.00. The van der Waals surface area contributed by atoms with E-state index >= 15 is 0 Å². The summed E-state index contributed by atoms with van der Waals surface area (Å²) < 4.78 is 6.16. The van der Waals surface area contributed by atoms with Crippen LogP contribution < -0.4 is 10.9 Å². The first-order chi connectivity index (χ1) is 12.4. The molecule has 0 N–H and O–H groups in total. The van der Waals surface area contributed by atoms with Gasteiger partial charge in [0.1, 0.15) is 0 Å². The number of benzene rings is 3. The van der Waals surface area contributed by atoms with Gasteiger partial charge < -0.3 is 4.65 Å². The van der Waals surface area contributed by atoms with Crippen LogP contribution >= 0.6 is 0 Å². The first kappa shape index (κ1) is 17.2. The number of aliphatic imine (C=N–C) groups is 1. The van der Waals surface area contributed by atoms with Crippen molar-refractivity contribution in [1.29, 1.82) is 0 Å². The number of aryl methyl sites for hydroxylation is 1. The maximum atomic E-state index is 6.16. The zero-order chi connectivity index (χ0) is 17.3. The molecule has 0 heterocycles. The van der Waals surface area contributed by atoms with Crippen LogP contribution in [-0.2, 0) is 11.1 Å². The molecular formula is C22H22BNO. The molecule has 124 valence electrons. The third kappa shape index (κ3) is 4.91. The molecule has 0 unspecified atom stereocenters. The van der Waals surface area contributed by atoms with Crippen LogP contribution in [0.2, 0.25) is 0 Å². The predicted molar refractivity (Wildman–Crippen MR) is 108 cm³/mol. The second-order valence-corrected chi connectivity index (χ2v) is 5.87. The topological polar surface area (TPSA) is 21.6 Å². The van der Waals surface area contributed by atoms with Crippen LogP contribution in [0.1, 0.15) is 12.5 Å². The van der Waals surface area contributed by atoms with Crippen molar-refractivity contribution in [2.75, 3.05) is 6.61 Å². The van der Waals surface area contributed by atoms with Gasteiger partial charge in [-0.05, 0) is 35.0 Å². The first-order valence-electron chi connectivity index (χ1n) is 8.70. The van der Waals surface area contributed by atoms with Gasteiger partial charge >= 0.3 is 6.92 Å². The molecule has 0 saturated heterocycles. The highest BCUT2D eigenvalue weighted by Crippen LogP contribution is 2.08. The summed E-state index contributed by atoms with van der Waals surface area (Å²) in [5.41, 5.74) is 4.59. The van der Waals surface area contributed by atoms with Gasteiger partial charge in [-0.2, -0.15) is 0 Å². The number of hydrogen-bond donors (Lipinski definition) is 0. The van der Waals surface area contributed by atoms with Crippen molar-refractivity contribution in [2.45, 2.75) is 13.3 Å². The molecule has 0 saturated carbocycles. The molecule has 0 aromatic heterocycles. The summed E-state index contributed by atoms with van der Waals surface area (Å²) >= 11 is 0. The van der Waals surface area contributed by atoms with Gasteiger partial charge in [-0.25, -0.2) is 0 Å². The largest absolute Gasteiger partial charge is 0.422 e. The molecule has 0 atom stereocenters. The standard InChI is InChI=1S/C22H22BNO/c1-2-19-13-15-21(16-14-19)23(20-9-5-3-6-10-20)25-18-17-24-22-11-7-4-8-12-22/h3-17H,2,18H2,1H3/b24-17-. The van der Waals surface area contributed by atoms with Crippen LogP contribution in [0, 0.1) is 0 Å². The third-order valence-electron chi connectivity index (χ3n) is 4.13. The summed E-state index contributed by atoms with van der Waals surface area (Å²) in [6, 6.07) is 28.9. The summed E-state index contributed by atoms with van der Waals surface area (Å²) in [4.78, 5) is 4.44. The van der Waals surface area contributed by atoms with Gasteiger partial charge in [0, 0.05) is 6.21 Å². The molecule has 3 aromatic carbocycles. The molecule has 0 aliphatic carbocycles. The minimum absolute atomic E-state index is 0.0886. The van der Waals surface area contributed by atoms with E-state index in [2.05, 4.69) is 48.3 Å². The summed E-state index contributed by atoms with van der Waals surface area (Å²) in [6.45, 7) is 2.54. The van der Waals surface area contributed by atoms with Gasteiger partial charge in [0.15, 0.2) is 0 Å². The van der Waals surface area contributed by atoms with E-state index in [1.54, 1.807) is 0 Å². The highest BCUT2D eigenvalue weighted by atomic mass is 16.4. The Balaban J connectivity index is 1.73. The minimum Gasteiger partial charge on any atom is -0.422 e. The van der Waals surface area contributed by atoms with Crippen molar-refractivity contribution < 1.29 is 4.65 Å². The monoisotopic (exact) mass is 327 g/mol. The number of nitrogens with zero attached hydrogens (tertiary/aromatic N) is 1. The molecule has 0 bridgehead atoms. The molecular weight excluding hydrogens is 305 g/mol. The Hall–Kier alpha value is -2.65. The highest BCUT2D eigenvalue weighted by Gasteiger charge is 2.20. The number of para-hydroxylation sites is 1. The predicted octanol–water partition coefficient (Wildman–Crippen LogP) is 3.77. The molecule has 0 spiro atoms. The van der Waals surface area contributed by atoms with Gasteiger partial charge in [0.2, 0.25) is 0 Å². The van der Waals surface area contributed by atoms with Crippen molar-refractivity contribution >= 4 is 29.7 Å². The molecule has 0 aliphatic heterocycles. The zero-order valence-electron chi connectivity index (χ0n) is 14.5. The number of rotatable bonds is 7. The molecule has 0 fully saturated rings. The fourth-order valence-corrected chi connectivity index (χ4v) is 2.74. The van der Waals surface area contributed by atoms with Crippen molar-refractivity contribution in [3.05, 3.63) is 90.5 Å². The van der Waals surface area contributed by atoms with Crippen molar-refractivity contribution in [3.63, 3.8) is 0 Å². The Morgan fingerprint density at radius 2 is 1.40 bits per heavy atom. The van der Waals surface area contributed by atoms with Gasteiger partial charge in [-0.1, -0.05) is 79.7 Å². The van der Waals surface area contributed by atoms with E-state index in [1.807, 2.05) is 54.7 Å². The van der Waals surface area contributed by atoms with Gasteiger partial charge in [-0.3, -0.25) is 4.99 Å². The zero-order valence-corrected chi connectivity index (χ0v) is 14.5. The molecule has 0 aliphatic rings. The molecule has 25 heavy (non-hydrogen) atoms. The third-order valence-corrected chi connectivity index (χ3v) is 4.13. The SMILES string of the molecule is CCc1ccc(B(OC/C=N\c2ccccc2)c2ccccc2)cc1. The van der Waals surface area contributed by atoms with Gasteiger partial charge in [-0.15, -0.1) is 0 Å². The van der Waals surface area contributed by atoms with Crippen molar-refractivity contribution in [3.8, 4) is 0 Å². The maximum absolute atomic E-state index is 6.16. The lowest BCUT2D eigenvalue weighted by Crippen LogP contribution is -2.45. The fourth-order valence-electron chi connectivity index (χ4n) is 2.74. The lowest BCUT2D eigenvalue weighted by Gasteiger charge is -2.14. The Kier molecular flexibility index (Phi) is 6.19. The molecule has 0 amide bonds. The summed E-state index contributed by atoms with van der Waals surface area (Å²) in [5, 5.41) is 0. The van der Waals surface area contributed by atoms with Crippen LogP contribution in [0.25, 0.3) is 0 Å². The van der Waals surface area contributed by atoms with Crippen LogP contribution in [0.15, 0.2) is 89.9 Å². The molecule has 3 rings (SSSR count). The van der Waals surface area contributed by atoms with Crippen molar-refractivity contribution in [1.82, 2.24) is 0 Å². The summed E-state index contributed by atoms with van der Waals surface area (Å²) in [5.74, 6) is 0. The van der Waals surface area contributed by atoms with E-state index in [9.17, 15) is 0 Å². The van der Waals surface area contributed by atoms with E-state index < -0.39 is 0 Å². The fraction of sp³-hybridized carbons (Fsp3) is 0.136. The van der Waals surface area contributed by atoms with E-state index in [-0.39, 0.29) is 6.92 Å². The maximum Gasteiger partial charge on any atom is 0.361 e. The summed E-state index contributed by atoms with van der Waals surface area (Å²) in [6.07, 6.45) is 2.87. The van der Waals surface area contributed by atoms with Crippen LogP contribution in [0.5, 0.6) is 0 Å². The quantitative estimate of drug-likeness (QED) is 0.478. The van der Waals surface area contributed by atoms with E-state index in [4.69, 9.17) is 4.65 Å². The van der Waals surface area contributed by atoms with E-state index in [0.29, 0.717) is 6.61 Å². The Morgan fingerprint density at radius 3 is 2.04 bits per heavy atom. The van der Waals surface area contributed by atoms with E-state index in [0.717, 1.165) is 23.0 Å². The Labute approximate surface area is 150 Å². The normalized spacial score (nSPS) is 10.9. The van der Waals surface area contributed by atoms with Crippen LogP contribution in [0.3, 0.4) is 0 Å². The Bertz CT molecular complexity index is 785. The van der Waals surface area contributed by atoms with Crippen molar-refractivity contribution in [2.24, 2.45) is 4.99 Å². The first-order valence-corrected chi connectivity index (χ1v) is 8.70. The van der Waals surface area contributed by atoms with Gasteiger partial charge in [0.05, 0.1) is 12.3 Å². The average Bonchev–Trinajstić information content (AvgIpc) is 2.70. The summed E-state index contributed by atoms with van der Waals surface area (Å²) in [7, 11) is 0. The van der Waals surface area contributed by atoms with Crippen LogP contribution in [-0.4, -0.2) is 19.7 Å². The highest BCUT2D eigenvalue weighted by molar-refractivity contribution is 6.80. The molecule has 0 radical (unpaired) electrons. The lowest BCUT2D eigenvalue weighted by molar-refractivity contribution is 0.402. The molecule has 3 heteroatoms. The smallest absolute Gasteiger partial charge is 0.361 e. The average molecular weight is 327 g/mol. The number of hydrogen-bond acceptors (Lipinski definition) is 2. The molecule has 2 nitrogen and oxygen atoms in total. The van der Waals surface area contributed by atoms with Gasteiger partial charge in [0.25, 0.3) is 0 Å².